The Morgan fingerprint density at radius 1 is 1.44 bits per heavy atom. The molecule has 0 aromatic carbocycles. The lowest BCUT2D eigenvalue weighted by Gasteiger charge is -2.31. The van der Waals surface area contributed by atoms with Gasteiger partial charge >= 0.3 is 0 Å². The van der Waals surface area contributed by atoms with Gasteiger partial charge in [0.05, 0.1) is 0 Å². The van der Waals surface area contributed by atoms with Crippen molar-refractivity contribution < 1.29 is 4.79 Å². The summed E-state index contributed by atoms with van der Waals surface area (Å²) in [5.41, 5.74) is -0.123. The molecular weight excluding hydrogens is 230 g/mol. The summed E-state index contributed by atoms with van der Waals surface area (Å²) in [4.78, 5) is 18.3. The quantitative estimate of drug-likeness (QED) is 0.764. The van der Waals surface area contributed by atoms with E-state index in [1.807, 2.05) is 20.8 Å². The van der Waals surface area contributed by atoms with Gasteiger partial charge in [0.25, 0.3) is 5.91 Å². The Kier molecular flexibility index (Phi) is 3.38. The third-order valence-electron chi connectivity index (χ3n) is 3.04. The SMILES string of the molecule is C[C@@H]1CN(C(=O)c2n[nH]c(C(C)(C)C)n2)CCN1. The van der Waals surface area contributed by atoms with E-state index in [4.69, 9.17) is 0 Å². The number of hydrogen-bond acceptors (Lipinski definition) is 4. The predicted molar refractivity (Wildman–Crippen MR) is 68.5 cm³/mol. The van der Waals surface area contributed by atoms with Crippen molar-refractivity contribution in [3.05, 3.63) is 11.6 Å². The molecule has 1 aliphatic rings. The summed E-state index contributed by atoms with van der Waals surface area (Å²) in [6.07, 6.45) is 0. The van der Waals surface area contributed by atoms with Crippen molar-refractivity contribution in [3.63, 3.8) is 0 Å². The van der Waals surface area contributed by atoms with E-state index in [9.17, 15) is 4.79 Å². The Hall–Kier alpha value is -1.43. The molecule has 0 aliphatic carbocycles. The lowest BCUT2D eigenvalue weighted by molar-refractivity contribution is 0.0697. The summed E-state index contributed by atoms with van der Waals surface area (Å²) in [5.74, 6) is 0.929. The number of piperazine rings is 1. The van der Waals surface area contributed by atoms with E-state index in [0.717, 1.165) is 12.4 Å². The van der Waals surface area contributed by atoms with Crippen LogP contribution in [0.5, 0.6) is 0 Å². The van der Waals surface area contributed by atoms with Gasteiger partial charge in [0.1, 0.15) is 5.82 Å². The molecule has 1 fully saturated rings. The van der Waals surface area contributed by atoms with Crippen LogP contribution in [-0.4, -0.2) is 51.7 Å². The Labute approximate surface area is 107 Å². The monoisotopic (exact) mass is 251 g/mol. The maximum atomic E-state index is 12.2. The van der Waals surface area contributed by atoms with Crippen LogP contribution in [0.2, 0.25) is 0 Å². The van der Waals surface area contributed by atoms with Gasteiger partial charge in [-0.05, 0) is 6.92 Å². The van der Waals surface area contributed by atoms with E-state index >= 15 is 0 Å². The standard InChI is InChI=1S/C12H21N5O/c1-8-7-17(6-5-13-8)10(18)9-14-11(16-15-9)12(2,3)4/h8,13H,5-7H2,1-4H3,(H,14,15,16)/t8-/m1/s1. The van der Waals surface area contributed by atoms with E-state index in [0.29, 0.717) is 19.1 Å². The first-order valence-electron chi connectivity index (χ1n) is 6.33. The maximum Gasteiger partial charge on any atom is 0.293 e. The fourth-order valence-electron chi connectivity index (χ4n) is 1.95. The fourth-order valence-corrected chi connectivity index (χ4v) is 1.95. The Morgan fingerprint density at radius 3 is 2.72 bits per heavy atom. The normalized spacial score (nSPS) is 21.1. The van der Waals surface area contributed by atoms with Gasteiger partial charge in [0, 0.05) is 31.1 Å². The molecule has 1 aromatic heterocycles. The van der Waals surface area contributed by atoms with Crippen LogP contribution in [0.25, 0.3) is 0 Å². The van der Waals surface area contributed by atoms with Gasteiger partial charge in [0.15, 0.2) is 0 Å². The second-order valence-corrected chi connectivity index (χ2v) is 5.86. The van der Waals surface area contributed by atoms with Gasteiger partial charge in [-0.25, -0.2) is 4.98 Å². The summed E-state index contributed by atoms with van der Waals surface area (Å²) in [5, 5.41) is 10.2. The highest BCUT2D eigenvalue weighted by Crippen LogP contribution is 2.17. The van der Waals surface area contributed by atoms with Crippen molar-refractivity contribution in [2.75, 3.05) is 19.6 Å². The van der Waals surface area contributed by atoms with Crippen molar-refractivity contribution >= 4 is 5.91 Å². The Bertz CT molecular complexity index is 434. The molecule has 1 aromatic rings. The summed E-state index contributed by atoms with van der Waals surface area (Å²) in [6, 6.07) is 0.323. The number of aromatic nitrogens is 3. The molecule has 1 amide bonds. The van der Waals surface area contributed by atoms with E-state index < -0.39 is 0 Å². The molecule has 1 atom stereocenters. The average Bonchev–Trinajstić information content (AvgIpc) is 2.77. The highest BCUT2D eigenvalue weighted by molar-refractivity contribution is 5.90. The first-order chi connectivity index (χ1) is 8.38. The second kappa shape index (κ2) is 4.68. The molecule has 1 saturated heterocycles. The Morgan fingerprint density at radius 2 is 2.17 bits per heavy atom. The zero-order valence-corrected chi connectivity index (χ0v) is 11.4. The van der Waals surface area contributed by atoms with Crippen molar-refractivity contribution in [1.82, 2.24) is 25.4 Å². The molecule has 18 heavy (non-hydrogen) atoms. The van der Waals surface area contributed by atoms with Crippen molar-refractivity contribution in [2.24, 2.45) is 0 Å². The number of nitrogens with zero attached hydrogens (tertiary/aromatic N) is 3. The second-order valence-electron chi connectivity index (χ2n) is 5.86. The number of amides is 1. The summed E-state index contributed by atoms with van der Waals surface area (Å²) in [7, 11) is 0. The minimum atomic E-state index is -0.123. The zero-order valence-electron chi connectivity index (χ0n) is 11.4. The van der Waals surface area contributed by atoms with Crippen LogP contribution >= 0.6 is 0 Å². The summed E-state index contributed by atoms with van der Waals surface area (Å²) in [6.45, 7) is 10.4. The first-order valence-corrected chi connectivity index (χ1v) is 6.33. The van der Waals surface area contributed by atoms with E-state index in [-0.39, 0.29) is 17.1 Å². The van der Waals surface area contributed by atoms with Gasteiger partial charge < -0.3 is 10.2 Å². The molecule has 6 nitrogen and oxygen atoms in total. The maximum absolute atomic E-state index is 12.2. The van der Waals surface area contributed by atoms with Crippen molar-refractivity contribution in [1.29, 1.82) is 0 Å². The topological polar surface area (TPSA) is 73.9 Å². The van der Waals surface area contributed by atoms with Crippen molar-refractivity contribution in [3.8, 4) is 0 Å². The number of nitrogens with one attached hydrogen (secondary N) is 2. The zero-order chi connectivity index (χ0) is 13.3. The van der Waals surface area contributed by atoms with Gasteiger partial charge in [-0.3, -0.25) is 9.89 Å². The van der Waals surface area contributed by atoms with Crippen LogP contribution < -0.4 is 5.32 Å². The molecule has 2 N–H and O–H groups in total. The largest absolute Gasteiger partial charge is 0.333 e. The number of hydrogen-bond donors (Lipinski definition) is 2. The third kappa shape index (κ3) is 2.69. The van der Waals surface area contributed by atoms with Gasteiger partial charge in [-0.2, -0.15) is 0 Å². The molecule has 0 radical (unpaired) electrons. The smallest absolute Gasteiger partial charge is 0.293 e. The van der Waals surface area contributed by atoms with Crippen LogP contribution in [0.15, 0.2) is 0 Å². The highest BCUT2D eigenvalue weighted by atomic mass is 16.2. The van der Waals surface area contributed by atoms with Crippen LogP contribution in [0.4, 0.5) is 0 Å². The fraction of sp³-hybridized carbons (Fsp3) is 0.750. The molecule has 100 valence electrons. The van der Waals surface area contributed by atoms with Gasteiger partial charge in [-0.15, -0.1) is 5.10 Å². The van der Waals surface area contributed by atoms with E-state index in [1.54, 1.807) is 4.90 Å². The highest BCUT2D eigenvalue weighted by Gasteiger charge is 2.26. The average molecular weight is 251 g/mol. The number of carbonyl (C=O) groups excluding carboxylic acids is 1. The number of carbonyl (C=O) groups is 1. The van der Waals surface area contributed by atoms with Crippen LogP contribution in [-0.2, 0) is 5.41 Å². The number of H-pyrrole nitrogens is 1. The lowest BCUT2D eigenvalue weighted by atomic mass is 9.96. The van der Waals surface area contributed by atoms with Gasteiger partial charge in [0.2, 0.25) is 5.82 Å². The number of aromatic amines is 1. The third-order valence-corrected chi connectivity index (χ3v) is 3.04. The van der Waals surface area contributed by atoms with Gasteiger partial charge in [-0.1, -0.05) is 20.8 Å². The number of rotatable bonds is 1. The minimum Gasteiger partial charge on any atom is -0.333 e. The summed E-state index contributed by atoms with van der Waals surface area (Å²) < 4.78 is 0. The molecule has 0 bridgehead atoms. The van der Waals surface area contributed by atoms with E-state index in [2.05, 4.69) is 27.4 Å². The van der Waals surface area contributed by atoms with Crippen LogP contribution in [0.1, 0.15) is 44.1 Å². The summed E-state index contributed by atoms with van der Waals surface area (Å²) >= 11 is 0. The molecule has 0 unspecified atom stereocenters. The molecule has 1 aliphatic heterocycles. The van der Waals surface area contributed by atoms with Crippen LogP contribution in [0, 0.1) is 0 Å². The first kappa shape index (κ1) is 13.0. The Balaban J connectivity index is 2.11. The van der Waals surface area contributed by atoms with Crippen LogP contribution in [0.3, 0.4) is 0 Å². The molecule has 0 spiro atoms. The molecule has 2 rings (SSSR count). The lowest BCUT2D eigenvalue weighted by Crippen LogP contribution is -2.51. The molecule has 0 saturated carbocycles. The molecule has 2 heterocycles. The molecule has 6 heteroatoms. The van der Waals surface area contributed by atoms with E-state index in [1.165, 1.54) is 0 Å². The minimum absolute atomic E-state index is 0.0879. The predicted octanol–water partition coefficient (Wildman–Crippen LogP) is 0.536. The molecular formula is C12H21N5O. The van der Waals surface area contributed by atoms with Crippen molar-refractivity contribution in [2.45, 2.75) is 39.2 Å².